The molecular formula is C16H22N4O. The summed E-state index contributed by atoms with van der Waals surface area (Å²) in [5.41, 5.74) is 7.97. The molecule has 1 aromatic carbocycles. The first-order chi connectivity index (χ1) is 9.84. The van der Waals surface area contributed by atoms with Crippen LogP contribution in [0.3, 0.4) is 0 Å². The molecule has 0 bridgehead atoms. The molecule has 0 saturated heterocycles. The maximum Gasteiger partial charge on any atom is 0.244 e. The summed E-state index contributed by atoms with van der Waals surface area (Å²) < 4.78 is 1.79. The van der Waals surface area contributed by atoms with Gasteiger partial charge in [0.1, 0.15) is 5.54 Å². The number of carbonyl (C=O) groups excluding carboxylic acids is 1. The molecule has 0 spiro atoms. The zero-order valence-electron chi connectivity index (χ0n) is 12.9. The van der Waals surface area contributed by atoms with Crippen LogP contribution in [0.2, 0.25) is 0 Å². The van der Waals surface area contributed by atoms with Crippen molar-refractivity contribution < 1.29 is 4.79 Å². The molecule has 0 aliphatic carbocycles. The summed E-state index contributed by atoms with van der Waals surface area (Å²) >= 11 is 0. The van der Waals surface area contributed by atoms with Gasteiger partial charge in [0, 0.05) is 18.3 Å². The second-order valence-electron chi connectivity index (χ2n) is 5.57. The number of nitrogens with one attached hydrogen (secondary N) is 1. The lowest BCUT2D eigenvalue weighted by atomic mass is 9.92. The minimum Gasteiger partial charge on any atom is -0.348 e. The van der Waals surface area contributed by atoms with Crippen LogP contribution in [0.4, 0.5) is 0 Å². The second-order valence-corrected chi connectivity index (χ2v) is 5.57. The fraction of sp³-hybridized carbons (Fsp3) is 0.375. The van der Waals surface area contributed by atoms with Crippen molar-refractivity contribution in [3.8, 4) is 0 Å². The molecular weight excluding hydrogens is 264 g/mol. The molecule has 2 aromatic rings. The summed E-state index contributed by atoms with van der Waals surface area (Å²) in [5.74, 6) is -0.204. The van der Waals surface area contributed by atoms with Crippen LogP contribution in [0.5, 0.6) is 0 Å². The van der Waals surface area contributed by atoms with E-state index in [0.717, 1.165) is 16.8 Å². The number of nitrogens with zero attached hydrogens (tertiary/aromatic N) is 2. The maximum atomic E-state index is 12.5. The zero-order valence-corrected chi connectivity index (χ0v) is 12.9. The number of benzene rings is 1. The van der Waals surface area contributed by atoms with E-state index in [4.69, 9.17) is 5.73 Å². The average Bonchev–Trinajstić information content (AvgIpc) is 2.80. The van der Waals surface area contributed by atoms with Gasteiger partial charge in [-0.15, -0.1) is 0 Å². The predicted octanol–water partition coefficient (Wildman–Crippen LogP) is 1.78. The SMILES string of the molecule is Cc1c(C(C)NC(=O)C(C)(N)c2ccccc2)cnn1C. The van der Waals surface area contributed by atoms with Gasteiger partial charge in [-0.3, -0.25) is 9.48 Å². The highest BCUT2D eigenvalue weighted by Gasteiger charge is 2.31. The highest BCUT2D eigenvalue weighted by Crippen LogP contribution is 2.21. The number of amides is 1. The van der Waals surface area contributed by atoms with Gasteiger partial charge < -0.3 is 11.1 Å². The van der Waals surface area contributed by atoms with Crippen LogP contribution >= 0.6 is 0 Å². The van der Waals surface area contributed by atoms with Gasteiger partial charge in [-0.1, -0.05) is 30.3 Å². The Morgan fingerprint density at radius 1 is 1.38 bits per heavy atom. The minimum atomic E-state index is -1.06. The Morgan fingerprint density at radius 3 is 2.52 bits per heavy atom. The van der Waals surface area contributed by atoms with E-state index < -0.39 is 5.54 Å². The number of rotatable bonds is 4. The molecule has 1 aromatic heterocycles. The van der Waals surface area contributed by atoms with Crippen molar-refractivity contribution in [1.29, 1.82) is 0 Å². The van der Waals surface area contributed by atoms with E-state index in [9.17, 15) is 4.79 Å². The summed E-state index contributed by atoms with van der Waals surface area (Å²) in [4.78, 5) is 12.5. The van der Waals surface area contributed by atoms with E-state index >= 15 is 0 Å². The van der Waals surface area contributed by atoms with Gasteiger partial charge in [0.2, 0.25) is 5.91 Å². The number of aromatic nitrogens is 2. The Hall–Kier alpha value is -2.14. The summed E-state index contributed by atoms with van der Waals surface area (Å²) in [6.45, 7) is 5.63. The van der Waals surface area contributed by atoms with Crippen LogP contribution in [0.15, 0.2) is 36.5 Å². The van der Waals surface area contributed by atoms with Crippen LogP contribution < -0.4 is 11.1 Å². The number of nitrogens with two attached hydrogens (primary N) is 1. The van der Waals surface area contributed by atoms with E-state index in [1.54, 1.807) is 17.8 Å². The number of aryl methyl sites for hydroxylation is 1. The van der Waals surface area contributed by atoms with Crippen LogP contribution in [-0.2, 0) is 17.4 Å². The Bertz CT molecular complexity index is 631. The molecule has 1 heterocycles. The topological polar surface area (TPSA) is 72.9 Å². The predicted molar refractivity (Wildman–Crippen MR) is 82.5 cm³/mol. The second kappa shape index (κ2) is 5.69. The van der Waals surface area contributed by atoms with Crippen molar-refractivity contribution in [2.75, 3.05) is 0 Å². The molecule has 5 nitrogen and oxygen atoms in total. The number of hydrogen-bond donors (Lipinski definition) is 2. The summed E-state index contributed by atoms with van der Waals surface area (Å²) in [5, 5.41) is 7.17. The molecule has 2 atom stereocenters. The van der Waals surface area contributed by atoms with Crippen LogP contribution in [0.25, 0.3) is 0 Å². The summed E-state index contributed by atoms with van der Waals surface area (Å²) in [6.07, 6.45) is 1.77. The average molecular weight is 286 g/mol. The molecule has 0 aliphatic rings. The third kappa shape index (κ3) is 2.97. The highest BCUT2D eigenvalue weighted by molar-refractivity contribution is 5.87. The molecule has 5 heteroatoms. The lowest BCUT2D eigenvalue weighted by Crippen LogP contribution is -2.49. The molecule has 3 N–H and O–H groups in total. The third-order valence-electron chi connectivity index (χ3n) is 3.93. The van der Waals surface area contributed by atoms with Crippen molar-refractivity contribution >= 4 is 5.91 Å². The van der Waals surface area contributed by atoms with Crippen molar-refractivity contribution in [2.45, 2.75) is 32.4 Å². The Balaban J connectivity index is 2.16. The van der Waals surface area contributed by atoms with Crippen molar-refractivity contribution in [1.82, 2.24) is 15.1 Å². The van der Waals surface area contributed by atoms with E-state index in [1.165, 1.54) is 0 Å². The van der Waals surface area contributed by atoms with Gasteiger partial charge in [-0.25, -0.2) is 0 Å². The standard InChI is InChI=1S/C16H22N4O/c1-11(14-10-18-20(4)12(14)2)19-15(21)16(3,17)13-8-6-5-7-9-13/h5-11H,17H2,1-4H3,(H,19,21). The largest absolute Gasteiger partial charge is 0.348 e. The quantitative estimate of drug-likeness (QED) is 0.900. The minimum absolute atomic E-state index is 0.141. The lowest BCUT2D eigenvalue weighted by molar-refractivity contribution is -0.126. The summed E-state index contributed by atoms with van der Waals surface area (Å²) in [7, 11) is 1.88. The smallest absolute Gasteiger partial charge is 0.244 e. The molecule has 112 valence electrons. The molecule has 0 saturated carbocycles. The first-order valence-electron chi connectivity index (χ1n) is 6.98. The molecule has 0 aliphatic heterocycles. The Kier molecular flexibility index (Phi) is 4.14. The lowest BCUT2D eigenvalue weighted by Gasteiger charge is -2.26. The van der Waals surface area contributed by atoms with Gasteiger partial charge in [-0.2, -0.15) is 5.10 Å². The monoisotopic (exact) mass is 286 g/mol. The zero-order chi connectivity index (χ0) is 15.6. The van der Waals surface area contributed by atoms with E-state index in [1.807, 2.05) is 51.2 Å². The Labute approximate surface area is 125 Å². The maximum absolute atomic E-state index is 12.5. The van der Waals surface area contributed by atoms with Crippen molar-refractivity contribution in [3.05, 3.63) is 53.3 Å². The first-order valence-corrected chi connectivity index (χ1v) is 6.98. The van der Waals surface area contributed by atoms with E-state index in [-0.39, 0.29) is 11.9 Å². The number of hydrogen-bond acceptors (Lipinski definition) is 3. The molecule has 2 rings (SSSR count). The normalized spacial score (nSPS) is 15.3. The van der Waals surface area contributed by atoms with Gasteiger partial charge in [-0.05, 0) is 26.3 Å². The third-order valence-corrected chi connectivity index (χ3v) is 3.93. The number of carbonyl (C=O) groups is 1. The summed E-state index contributed by atoms with van der Waals surface area (Å²) in [6, 6.07) is 9.24. The van der Waals surface area contributed by atoms with Gasteiger partial charge in [0.25, 0.3) is 0 Å². The van der Waals surface area contributed by atoms with Gasteiger partial charge in [0.15, 0.2) is 0 Å². The Morgan fingerprint density at radius 2 is 2.00 bits per heavy atom. The molecule has 2 unspecified atom stereocenters. The van der Waals surface area contributed by atoms with Crippen LogP contribution in [0, 0.1) is 6.92 Å². The van der Waals surface area contributed by atoms with Crippen molar-refractivity contribution in [3.63, 3.8) is 0 Å². The molecule has 21 heavy (non-hydrogen) atoms. The van der Waals surface area contributed by atoms with Crippen molar-refractivity contribution in [2.24, 2.45) is 12.8 Å². The van der Waals surface area contributed by atoms with Gasteiger partial charge in [0.05, 0.1) is 12.2 Å². The molecule has 0 fully saturated rings. The molecule has 1 amide bonds. The highest BCUT2D eigenvalue weighted by atomic mass is 16.2. The molecule has 0 radical (unpaired) electrons. The fourth-order valence-corrected chi connectivity index (χ4v) is 2.28. The van der Waals surface area contributed by atoms with Gasteiger partial charge >= 0.3 is 0 Å². The van der Waals surface area contributed by atoms with E-state index in [0.29, 0.717) is 0 Å². The van der Waals surface area contributed by atoms with Crippen LogP contribution in [-0.4, -0.2) is 15.7 Å². The fourth-order valence-electron chi connectivity index (χ4n) is 2.28. The first kappa shape index (κ1) is 15.3. The van der Waals surface area contributed by atoms with Crippen LogP contribution in [0.1, 0.15) is 36.7 Å². The van der Waals surface area contributed by atoms with E-state index in [2.05, 4.69) is 10.4 Å².